The number of halogens is 3. The lowest BCUT2D eigenvalue weighted by molar-refractivity contribution is -0.137. The van der Waals surface area contributed by atoms with E-state index in [1.807, 2.05) is 0 Å². The minimum atomic E-state index is -4.56. The highest BCUT2D eigenvalue weighted by molar-refractivity contribution is 6.22. The van der Waals surface area contributed by atoms with Crippen LogP contribution >= 0.6 is 0 Å². The predicted octanol–water partition coefficient (Wildman–Crippen LogP) is 4.18. The van der Waals surface area contributed by atoms with E-state index in [-0.39, 0.29) is 40.6 Å². The van der Waals surface area contributed by atoms with Gasteiger partial charge in [-0.1, -0.05) is 25.0 Å². The van der Waals surface area contributed by atoms with Crippen molar-refractivity contribution in [1.29, 1.82) is 0 Å². The van der Waals surface area contributed by atoms with Crippen molar-refractivity contribution in [2.24, 2.45) is 11.8 Å². The van der Waals surface area contributed by atoms with E-state index in [4.69, 9.17) is 4.74 Å². The maximum atomic E-state index is 12.8. The van der Waals surface area contributed by atoms with Crippen LogP contribution < -0.4 is 10.2 Å². The highest BCUT2D eigenvalue weighted by Gasteiger charge is 2.48. The van der Waals surface area contributed by atoms with Gasteiger partial charge in [0.1, 0.15) is 0 Å². The highest BCUT2D eigenvalue weighted by Crippen LogP contribution is 2.40. The standard InChI is InChI=1S/C24H21F3N2O5/c25-24(26,27)15-6-4-7-16(12-15)28-20(30)13-34-23(33)14-5-3-8-17(11-14)29-21(31)18-9-1-2-10-19(18)22(29)32/h3-8,11-12,18-19H,1-2,9-10,13H2,(H,28,30)/t18-,19-/m1/s1. The number of ether oxygens (including phenoxy) is 1. The Morgan fingerprint density at radius 2 is 1.62 bits per heavy atom. The number of imide groups is 1. The van der Waals surface area contributed by atoms with Gasteiger partial charge in [0.2, 0.25) is 11.8 Å². The molecule has 4 rings (SSSR count). The molecule has 0 radical (unpaired) electrons. The summed E-state index contributed by atoms with van der Waals surface area (Å²) in [5.41, 5.74) is -0.734. The van der Waals surface area contributed by atoms with Gasteiger partial charge in [0.05, 0.1) is 28.7 Å². The molecule has 1 saturated heterocycles. The van der Waals surface area contributed by atoms with Crippen molar-refractivity contribution < 1.29 is 37.1 Å². The zero-order chi connectivity index (χ0) is 24.5. The summed E-state index contributed by atoms with van der Waals surface area (Å²) in [5, 5.41) is 2.24. The molecule has 1 aliphatic carbocycles. The summed E-state index contributed by atoms with van der Waals surface area (Å²) in [6.45, 7) is -0.731. The minimum Gasteiger partial charge on any atom is -0.452 e. The molecule has 2 atom stereocenters. The number of amides is 3. The van der Waals surface area contributed by atoms with Gasteiger partial charge in [-0.3, -0.25) is 19.3 Å². The Balaban J connectivity index is 1.39. The van der Waals surface area contributed by atoms with Gasteiger partial charge in [-0.15, -0.1) is 0 Å². The van der Waals surface area contributed by atoms with Crippen LogP contribution in [0.1, 0.15) is 41.6 Å². The van der Waals surface area contributed by atoms with Gasteiger partial charge in [-0.25, -0.2) is 4.79 Å². The maximum absolute atomic E-state index is 12.8. The van der Waals surface area contributed by atoms with E-state index in [1.54, 1.807) is 6.07 Å². The second-order valence-corrected chi connectivity index (χ2v) is 8.26. The van der Waals surface area contributed by atoms with Crippen LogP contribution in [0.15, 0.2) is 48.5 Å². The molecule has 10 heteroatoms. The summed E-state index contributed by atoms with van der Waals surface area (Å²) in [5.74, 6) is -2.93. The van der Waals surface area contributed by atoms with E-state index in [0.29, 0.717) is 12.8 Å². The minimum absolute atomic E-state index is 0.0276. The number of nitrogens with zero attached hydrogens (tertiary/aromatic N) is 1. The molecule has 2 aromatic carbocycles. The van der Waals surface area contributed by atoms with Gasteiger partial charge in [0.15, 0.2) is 6.61 Å². The number of fused-ring (bicyclic) bond motifs is 1. The molecule has 1 aliphatic heterocycles. The van der Waals surface area contributed by atoms with Gasteiger partial charge in [-0.05, 0) is 49.2 Å². The van der Waals surface area contributed by atoms with Gasteiger partial charge < -0.3 is 10.1 Å². The largest absolute Gasteiger partial charge is 0.452 e. The fraction of sp³-hybridized carbons (Fsp3) is 0.333. The second kappa shape index (κ2) is 9.28. The highest BCUT2D eigenvalue weighted by atomic mass is 19.4. The fourth-order valence-electron chi connectivity index (χ4n) is 4.37. The van der Waals surface area contributed by atoms with E-state index >= 15 is 0 Å². The first-order valence-electron chi connectivity index (χ1n) is 10.8. The molecule has 1 heterocycles. The van der Waals surface area contributed by atoms with Crippen molar-refractivity contribution in [3.05, 3.63) is 59.7 Å². The van der Waals surface area contributed by atoms with E-state index < -0.39 is 30.2 Å². The fourth-order valence-corrected chi connectivity index (χ4v) is 4.37. The van der Waals surface area contributed by atoms with E-state index in [9.17, 15) is 32.3 Å². The van der Waals surface area contributed by atoms with Crippen molar-refractivity contribution in [3.8, 4) is 0 Å². The number of esters is 1. The van der Waals surface area contributed by atoms with Gasteiger partial charge in [-0.2, -0.15) is 13.2 Å². The average molecular weight is 474 g/mol. The number of benzene rings is 2. The molecular weight excluding hydrogens is 453 g/mol. The molecule has 1 N–H and O–H groups in total. The normalized spacial score (nSPS) is 20.1. The summed E-state index contributed by atoms with van der Waals surface area (Å²) in [4.78, 5) is 51.1. The molecule has 2 aliphatic rings. The molecule has 2 aromatic rings. The van der Waals surface area contributed by atoms with Crippen LogP contribution in [0.25, 0.3) is 0 Å². The van der Waals surface area contributed by atoms with Crippen LogP contribution in [-0.2, 0) is 25.3 Å². The SMILES string of the molecule is O=C(COC(=O)c1cccc(N2C(=O)[C@@H]3CCCC[C@H]3C2=O)c1)Nc1cccc(C(F)(F)F)c1. The molecule has 0 aromatic heterocycles. The third kappa shape index (κ3) is 4.80. The lowest BCUT2D eigenvalue weighted by atomic mass is 9.81. The van der Waals surface area contributed by atoms with Gasteiger partial charge >= 0.3 is 12.1 Å². The van der Waals surface area contributed by atoms with Crippen LogP contribution in [0.3, 0.4) is 0 Å². The summed E-state index contributed by atoms with van der Waals surface area (Å²) in [6.07, 6.45) is -1.46. The van der Waals surface area contributed by atoms with Crippen molar-refractivity contribution in [2.45, 2.75) is 31.9 Å². The number of anilines is 2. The first-order valence-corrected chi connectivity index (χ1v) is 10.8. The monoisotopic (exact) mass is 474 g/mol. The zero-order valence-corrected chi connectivity index (χ0v) is 17.9. The number of carbonyl (C=O) groups excluding carboxylic acids is 4. The Morgan fingerprint density at radius 1 is 0.971 bits per heavy atom. The van der Waals surface area contributed by atoms with Crippen molar-refractivity contribution >= 4 is 35.1 Å². The lowest BCUT2D eigenvalue weighted by Gasteiger charge is -2.19. The Hall–Kier alpha value is -3.69. The Kier molecular flexibility index (Phi) is 6.41. The van der Waals surface area contributed by atoms with Gasteiger partial charge in [0.25, 0.3) is 5.91 Å². The number of alkyl halides is 3. The molecule has 178 valence electrons. The Morgan fingerprint density at radius 3 is 2.26 bits per heavy atom. The summed E-state index contributed by atoms with van der Waals surface area (Å²) >= 11 is 0. The van der Waals surface area contributed by atoms with Crippen LogP contribution in [0.4, 0.5) is 24.5 Å². The number of hydrogen-bond donors (Lipinski definition) is 1. The molecule has 1 saturated carbocycles. The first kappa shape index (κ1) is 23.5. The zero-order valence-electron chi connectivity index (χ0n) is 17.9. The third-order valence-corrected chi connectivity index (χ3v) is 5.99. The van der Waals surface area contributed by atoms with Crippen LogP contribution in [0.5, 0.6) is 0 Å². The predicted molar refractivity (Wildman–Crippen MR) is 115 cm³/mol. The van der Waals surface area contributed by atoms with Crippen molar-refractivity contribution in [3.63, 3.8) is 0 Å². The topological polar surface area (TPSA) is 92.8 Å². The van der Waals surface area contributed by atoms with E-state index in [0.717, 1.165) is 35.9 Å². The van der Waals surface area contributed by atoms with Gasteiger partial charge in [0, 0.05) is 5.69 Å². The molecule has 0 bridgehead atoms. The average Bonchev–Trinajstić information content (AvgIpc) is 3.07. The van der Waals surface area contributed by atoms with E-state index in [1.165, 1.54) is 24.3 Å². The Bertz CT molecular complexity index is 1120. The maximum Gasteiger partial charge on any atom is 0.416 e. The number of rotatable bonds is 5. The quantitative estimate of drug-likeness (QED) is 0.519. The smallest absolute Gasteiger partial charge is 0.416 e. The molecule has 7 nitrogen and oxygen atoms in total. The van der Waals surface area contributed by atoms with E-state index in [2.05, 4.69) is 5.32 Å². The summed E-state index contributed by atoms with van der Waals surface area (Å²) < 4.78 is 43.4. The molecule has 34 heavy (non-hydrogen) atoms. The lowest BCUT2D eigenvalue weighted by Crippen LogP contribution is -2.31. The number of hydrogen-bond acceptors (Lipinski definition) is 5. The van der Waals surface area contributed by atoms with Crippen LogP contribution in [-0.4, -0.2) is 30.3 Å². The Labute approximate surface area is 192 Å². The van der Waals surface area contributed by atoms with Crippen molar-refractivity contribution in [2.75, 3.05) is 16.8 Å². The molecular formula is C24H21F3N2O5. The molecule has 0 unspecified atom stereocenters. The summed E-state index contributed by atoms with van der Waals surface area (Å²) in [7, 11) is 0. The summed E-state index contributed by atoms with van der Waals surface area (Å²) in [6, 6.07) is 9.86. The molecule has 2 fully saturated rings. The third-order valence-electron chi connectivity index (χ3n) is 5.99. The number of carbonyl (C=O) groups is 4. The van der Waals surface area contributed by atoms with Crippen LogP contribution in [0.2, 0.25) is 0 Å². The number of nitrogens with one attached hydrogen (secondary N) is 1. The molecule has 3 amide bonds. The molecule has 0 spiro atoms. The second-order valence-electron chi connectivity index (χ2n) is 8.26. The van der Waals surface area contributed by atoms with Crippen LogP contribution in [0, 0.1) is 11.8 Å². The van der Waals surface area contributed by atoms with Crippen molar-refractivity contribution in [1.82, 2.24) is 0 Å². The first-order chi connectivity index (χ1) is 16.1.